The molecule has 116 valence electrons. The summed E-state index contributed by atoms with van der Waals surface area (Å²) in [5.41, 5.74) is 0. The number of anilines is 1. The minimum absolute atomic E-state index is 0.0391. The van der Waals surface area contributed by atoms with Gasteiger partial charge >= 0.3 is 0 Å². The van der Waals surface area contributed by atoms with Gasteiger partial charge in [-0.05, 0) is 12.8 Å². The van der Waals surface area contributed by atoms with E-state index >= 15 is 0 Å². The predicted octanol–water partition coefficient (Wildman–Crippen LogP) is 2.43. The molecular weight excluding hydrogens is 270 g/mol. The van der Waals surface area contributed by atoms with E-state index < -0.39 is 0 Å². The second-order valence-electron chi connectivity index (χ2n) is 5.85. The monoisotopic (exact) mass is 293 g/mol. The Morgan fingerprint density at radius 1 is 1.38 bits per heavy atom. The maximum absolute atomic E-state index is 12.4. The summed E-state index contributed by atoms with van der Waals surface area (Å²) in [5.74, 6) is 0.0769. The van der Waals surface area contributed by atoms with Crippen molar-refractivity contribution in [2.24, 2.45) is 5.92 Å². The van der Waals surface area contributed by atoms with Crippen LogP contribution in [0, 0.1) is 5.92 Å². The second-order valence-corrected chi connectivity index (χ2v) is 5.85. The van der Waals surface area contributed by atoms with Crippen LogP contribution in [0.25, 0.3) is 0 Å². The highest BCUT2D eigenvalue weighted by atomic mass is 16.5. The number of carbonyl (C=O) groups excluding carboxylic acids is 2. The second kappa shape index (κ2) is 7.24. The molecule has 0 atom stereocenters. The van der Waals surface area contributed by atoms with Crippen molar-refractivity contribution in [1.82, 2.24) is 10.1 Å². The average molecular weight is 293 g/mol. The number of aromatic nitrogens is 1. The average Bonchev–Trinajstić information content (AvgIpc) is 2.97. The molecule has 1 aromatic heterocycles. The SMILES string of the molecule is CC(C)C(=O)N(CC(=O)Nc1ccon1)C1CCCCC1. The van der Waals surface area contributed by atoms with E-state index in [0.29, 0.717) is 5.82 Å². The summed E-state index contributed by atoms with van der Waals surface area (Å²) < 4.78 is 4.68. The first-order valence-corrected chi connectivity index (χ1v) is 7.58. The molecule has 21 heavy (non-hydrogen) atoms. The highest BCUT2D eigenvalue weighted by molar-refractivity contribution is 5.94. The van der Waals surface area contributed by atoms with Gasteiger partial charge in [0.05, 0.1) is 0 Å². The number of nitrogens with one attached hydrogen (secondary N) is 1. The molecular formula is C15H23N3O3. The third-order valence-electron chi connectivity index (χ3n) is 3.81. The molecule has 1 N–H and O–H groups in total. The summed E-state index contributed by atoms with van der Waals surface area (Å²) in [6.45, 7) is 3.82. The van der Waals surface area contributed by atoms with Gasteiger partial charge in [0.15, 0.2) is 5.82 Å². The van der Waals surface area contributed by atoms with Crippen LogP contribution in [0.1, 0.15) is 46.0 Å². The molecule has 1 aromatic rings. The molecule has 2 rings (SSSR count). The zero-order chi connectivity index (χ0) is 15.2. The van der Waals surface area contributed by atoms with Crippen LogP contribution >= 0.6 is 0 Å². The summed E-state index contributed by atoms with van der Waals surface area (Å²) in [6.07, 6.45) is 6.82. The zero-order valence-electron chi connectivity index (χ0n) is 12.7. The molecule has 0 spiro atoms. The Hall–Kier alpha value is -1.85. The number of hydrogen-bond donors (Lipinski definition) is 1. The maximum atomic E-state index is 12.4. The van der Waals surface area contributed by atoms with Crippen LogP contribution in [0.5, 0.6) is 0 Å². The van der Waals surface area contributed by atoms with Gasteiger partial charge in [-0.25, -0.2) is 0 Å². The third kappa shape index (κ3) is 4.31. The Balaban J connectivity index is 2.00. The van der Waals surface area contributed by atoms with Crippen molar-refractivity contribution in [3.63, 3.8) is 0 Å². The summed E-state index contributed by atoms with van der Waals surface area (Å²) in [7, 11) is 0. The van der Waals surface area contributed by atoms with Gasteiger partial charge in [0, 0.05) is 18.0 Å². The molecule has 0 bridgehead atoms. The van der Waals surface area contributed by atoms with Crippen LogP contribution in [-0.2, 0) is 9.59 Å². The van der Waals surface area contributed by atoms with Gasteiger partial charge < -0.3 is 14.7 Å². The van der Waals surface area contributed by atoms with Crippen LogP contribution < -0.4 is 5.32 Å². The lowest BCUT2D eigenvalue weighted by Gasteiger charge is -2.35. The van der Waals surface area contributed by atoms with Gasteiger partial charge in [-0.15, -0.1) is 0 Å². The van der Waals surface area contributed by atoms with E-state index in [1.54, 1.807) is 11.0 Å². The van der Waals surface area contributed by atoms with Crippen molar-refractivity contribution in [2.75, 3.05) is 11.9 Å². The van der Waals surface area contributed by atoms with Crippen LogP contribution in [0.4, 0.5) is 5.82 Å². The number of carbonyl (C=O) groups is 2. The van der Waals surface area contributed by atoms with Crippen molar-refractivity contribution in [3.8, 4) is 0 Å². The van der Waals surface area contributed by atoms with Gasteiger partial charge in [0.2, 0.25) is 11.8 Å². The third-order valence-corrected chi connectivity index (χ3v) is 3.81. The van der Waals surface area contributed by atoms with Gasteiger partial charge in [-0.2, -0.15) is 0 Å². The number of hydrogen-bond acceptors (Lipinski definition) is 4. The van der Waals surface area contributed by atoms with E-state index in [0.717, 1.165) is 25.7 Å². The normalized spacial score (nSPS) is 16.0. The fraction of sp³-hybridized carbons (Fsp3) is 0.667. The Morgan fingerprint density at radius 2 is 2.10 bits per heavy atom. The van der Waals surface area contributed by atoms with Crippen LogP contribution in [0.15, 0.2) is 16.9 Å². The fourth-order valence-electron chi connectivity index (χ4n) is 2.73. The Kier molecular flexibility index (Phi) is 5.36. The molecule has 6 nitrogen and oxygen atoms in total. The van der Waals surface area contributed by atoms with Crippen molar-refractivity contribution >= 4 is 17.6 Å². The van der Waals surface area contributed by atoms with E-state index in [-0.39, 0.29) is 30.3 Å². The lowest BCUT2D eigenvalue weighted by molar-refractivity contribution is -0.140. The van der Waals surface area contributed by atoms with Gasteiger partial charge in [-0.3, -0.25) is 9.59 Å². The molecule has 1 saturated carbocycles. The first kappa shape index (κ1) is 15.5. The van der Waals surface area contributed by atoms with Crippen LogP contribution in [0.2, 0.25) is 0 Å². The number of rotatable bonds is 5. The summed E-state index contributed by atoms with van der Waals surface area (Å²) in [6, 6.07) is 1.75. The lowest BCUT2D eigenvalue weighted by Crippen LogP contribution is -2.47. The van der Waals surface area contributed by atoms with Crippen molar-refractivity contribution in [1.29, 1.82) is 0 Å². The minimum Gasteiger partial charge on any atom is -0.363 e. The fourth-order valence-corrected chi connectivity index (χ4v) is 2.73. The molecule has 0 aromatic carbocycles. The molecule has 1 fully saturated rings. The number of amides is 2. The summed E-state index contributed by atoms with van der Waals surface area (Å²) in [4.78, 5) is 26.2. The Labute approximate surface area is 124 Å². The largest absolute Gasteiger partial charge is 0.363 e. The molecule has 6 heteroatoms. The maximum Gasteiger partial charge on any atom is 0.245 e. The highest BCUT2D eigenvalue weighted by Crippen LogP contribution is 2.24. The van der Waals surface area contributed by atoms with E-state index in [1.807, 2.05) is 13.8 Å². The van der Waals surface area contributed by atoms with Crippen molar-refractivity contribution in [3.05, 3.63) is 12.3 Å². The lowest BCUT2D eigenvalue weighted by atomic mass is 9.93. The van der Waals surface area contributed by atoms with Gasteiger partial charge in [0.25, 0.3) is 0 Å². The minimum atomic E-state index is -0.233. The van der Waals surface area contributed by atoms with E-state index in [4.69, 9.17) is 0 Å². The standard InChI is InChI=1S/C15H23N3O3/c1-11(2)15(20)18(12-6-4-3-5-7-12)10-14(19)16-13-8-9-21-17-13/h8-9,11-12H,3-7,10H2,1-2H3,(H,16,17,19). The van der Waals surface area contributed by atoms with Gasteiger partial charge in [-0.1, -0.05) is 38.3 Å². The van der Waals surface area contributed by atoms with Crippen LogP contribution in [0.3, 0.4) is 0 Å². The first-order chi connectivity index (χ1) is 10.1. The van der Waals surface area contributed by atoms with E-state index in [2.05, 4.69) is 15.0 Å². The summed E-state index contributed by atoms with van der Waals surface area (Å²) >= 11 is 0. The quantitative estimate of drug-likeness (QED) is 0.904. The molecule has 1 aliphatic rings. The Morgan fingerprint density at radius 3 is 2.67 bits per heavy atom. The molecule has 1 heterocycles. The molecule has 0 saturated heterocycles. The molecule has 0 aliphatic heterocycles. The van der Waals surface area contributed by atoms with E-state index in [1.165, 1.54) is 12.7 Å². The predicted molar refractivity (Wildman–Crippen MR) is 78.6 cm³/mol. The highest BCUT2D eigenvalue weighted by Gasteiger charge is 2.28. The zero-order valence-corrected chi connectivity index (χ0v) is 12.7. The smallest absolute Gasteiger partial charge is 0.245 e. The van der Waals surface area contributed by atoms with Gasteiger partial charge in [0.1, 0.15) is 12.8 Å². The number of nitrogens with zero attached hydrogens (tertiary/aromatic N) is 2. The Bertz CT molecular complexity index is 465. The summed E-state index contributed by atoms with van der Waals surface area (Å²) in [5, 5.41) is 6.29. The first-order valence-electron chi connectivity index (χ1n) is 7.58. The topological polar surface area (TPSA) is 75.4 Å². The van der Waals surface area contributed by atoms with Crippen LogP contribution in [-0.4, -0.2) is 34.5 Å². The molecule has 2 amide bonds. The molecule has 1 aliphatic carbocycles. The van der Waals surface area contributed by atoms with Crippen molar-refractivity contribution in [2.45, 2.75) is 52.0 Å². The molecule has 0 radical (unpaired) electrons. The van der Waals surface area contributed by atoms with E-state index in [9.17, 15) is 9.59 Å². The molecule has 0 unspecified atom stereocenters. The van der Waals surface area contributed by atoms with Crippen molar-refractivity contribution < 1.29 is 14.1 Å².